The molecule has 1 atom stereocenters. The zero-order valence-electron chi connectivity index (χ0n) is 11.3. The Morgan fingerprint density at radius 2 is 1.94 bits per heavy atom. The molecule has 0 aromatic rings. The lowest BCUT2D eigenvalue weighted by Crippen LogP contribution is -2.39. The first-order chi connectivity index (χ1) is 7.81. The van der Waals surface area contributed by atoms with Crippen LogP contribution in [0.4, 0.5) is 0 Å². The van der Waals surface area contributed by atoms with E-state index in [4.69, 9.17) is 4.74 Å². The van der Waals surface area contributed by atoms with Crippen LogP contribution in [-0.2, 0) is 4.74 Å². The third kappa shape index (κ3) is 4.42. The van der Waals surface area contributed by atoms with E-state index in [-0.39, 0.29) is 0 Å². The summed E-state index contributed by atoms with van der Waals surface area (Å²) < 4.78 is 5.28. The minimum atomic E-state index is 0.567. The van der Waals surface area contributed by atoms with Crippen LogP contribution >= 0.6 is 0 Å². The van der Waals surface area contributed by atoms with Gasteiger partial charge in [-0.3, -0.25) is 0 Å². The van der Waals surface area contributed by atoms with Crippen LogP contribution in [-0.4, -0.2) is 26.8 Å². The van der Waals surface area contributed by atoms with E-state index in [0.29, 0.717) is 6.04 Å². The van der Waals surface area contributed by atoms with Crippen LogP contribution in [0.2, 0.25) is 0 Å². The van der Waals surface area contributed by atoms with Crippen molar-refractivity contribution >= 4 is 0 Å². The number of nitrogens with one attached hydrogen (secondary N) is 1. The fraction of sp³-hybridized carbons (Fsp3) is 1.00. The van der Waals surface area contributed by atoms with Crippen LogP contribution in [0.15, 0.2) is 0 Å². The second-order valence-corrected chi connectivity index (χ2v) is 5.27. The zero-order valence-corrected chi connectivity index (χ0v) is 11.3. The molecule has 0 aromatic heterocycles. The van der Waals surface area contributed by atoms with Crippen LogP contribution in [0.25, 0.3) is 0 Å². The SMILES string of the molecule is CCCCC1CCC(C(COC)NC)CC1. The standard InChI is InChI=1S/C14H29NO/c1-4-5-6-12-7-9-13(10-8-12)14(15-2)11-16-3/h12-15H,4-11H2,1-3H3. The van der Waals surface area contributed by atoms with Gasteiger partial charge >= 0.3 is 0 Å². The van der Waals surface area contributed by atoms with Gasteiger partial charge in [0, 0.05) is 13.2 Å². The molecule has 1 aliphatic carbocycles. The highest BCUT2D eigenvalue weighted by Gasteiger charge is 2.26. The van der Waals surface area contributed by atoms with Gasteiger partial charge < -0.3 is 10.1 Å². The summed E-state index contributed by atoms with van der Waals surface area (Å²) in [7, 11) is 3.87. The van der Waals surface area contributed by atoms with Gasteiger partial charge in [-0.15, -0.1) is 0 Å². The van der Waals surface area contributed by atoms with Crippen molar-refractivity contribution in [2.75, 3.05) is 20.8 Å². The third-order valence-electron chi connectivity index (χ3n) is 4.14. The highest BCUT2D eigenvalue weighted by molar-refractivity contribution is 4.81. The number of unbranched alkanes of at least 4 members (excludes halogenated alkanes) is 1. The molecule has 1 saturated carbocycles. The Kier molecular flexibility index (Phi) is 7.06. The number of ether oxygens (including phenoxy) is 1. The van der Waals surface area contributed by atoms with Gasteiger partial charge in [0.15, 0.2) is 0 Å². The van der Waals surface area contributed by atoms with Crippen LogP contribution < -0.4 is 5.32 Å². The molecule has 1 fully saturated rings. The van der Waals surface area contributed by atoms with E-state index in [9.17, 15) is 0 Å². The van der Waals surface area contributed by atoms with E-state index >= 15 is 0 Å². The Morgan fingerprint density at radius 1 is 1.25 bits per heavy atom. The van der Waals surface area contributed by atoms with Crippen LogP contribution in [0.1, 0.15) is 51.9 Å². The summed E-state index contributed by atoms with van der Waals surface area (Å²) >= 11 is 0. The maximum atomic E-state index is 5.28. The summed E-state index contributed by atoms with van der Waals surface area (Å²) in [5, 5.41) is 3.41. The smallest absolute Gasteiger partial charge is 0.0618 e. The highest BCUT2D eigenvalue weighted by atomic mass is 16.5. The molecule has 0 aliphatic heterocycles. The predicted octanol–water partition coefficient (Wildman–Crippen LogP) is 3.22. The van der Waals surface area contributed by atoms with Gasteiger partial charge in [0.05, 0.1) is 6.61 Å². The molecule has 0 amide bonds. The van der Waals surface area contributed by atoms with Gasteiger partial charge in [0.1, 0.15) is 0 Å². The largest absolute Gasteiger partial charge is 0.383 e. The molecule has 0 bridgehead atoms. The van der Waals surface area contributed by atoms with Crippen molar-refractivity contribution in [1.29, 1.82) is 0 Å². The summed E-state index contributed by atoms with van der Waals surface area (Å²) in [5.74, 6) is 1.85. The molecule has 1 aliphatic rings. The fourth-order valence-electron chi connectivity index (χ4n) is 3.01. The summed E-state index contributed by atoms with van der Waals surface area (Å²) in [6.07, 6.45) is 9.88. The van der Waals surface area contributed by atoms with Gasteiger partial charge in [-0.2, -0.15) is 0 Å². The van der Waals surface area contributed by atoms with E-state index in [1.165, 1.54) is 44.9 Å². The molecule has 0 spiro atoms. The topological polar surface area (TPSA) is 21.3 Å². The van der Waals surface area contributed by atoms with Crippen molar-refractivity contribution in [3.8, 4) is 0 Å². The Bertz CT molecular complexity index is 164. The van der Waals surface area contributed by atoms with E-state index in [1.54, 1.807) is 7.11 Å². The minimum absolute atomic E-state index is 0.567. The molecule has 2 nitrogen and oxygen atoms in total. The fourth-order valence-corrected chi connectivity index (χ4v) is 3.01. The maximum absolute atomic E-state index is 5.28. The lowest BCUT2D eigenvalue weighted by molar-refractivity contribution is 0.119. The Labute approximate surface area is 101 Å². The van der Waals surface area contributed by atoms with Crippen molar-refractivity contribution < 1.29 is 4.74 Å². The van der Waals surface area contributed by atoms with E-state index in [1.807, 2.05) is 0 Å². The lowest BCUT2D eigenvalue weighted by Gasteiger charge is -2.33. The van der Waals surface area contributed by atoms with Gasteiger partial charge in [-0.05, 0) is 31.7 Å². The highest BCUT2D eigenvalue weighted by Crippen LogP contribution is 2.33. The number of hydrogen-bond acceptors (Lipinski definition) is 2. The first-order valence-electron chi connectivity index (χ1n) is 6.98. The molecule has 96 valence electrons. The maximum Gasteiger partial charge on any atom is 0.0618 e. The second-order valence-electron chi connectivity index (χ2n) is 5.27. The van der Waals surface area contributed by atoms with E-state index in [0.717, 1.165) is 18.4 Å². The average Bonchev–Trinajstić information content (AvgIpc) is 2.34. The summed E-state index contributed by atoms with van der Waals surface area (Å²) in [6.45, 7) is 3.15. The van der Waals surface area contributed by atoms with Crippen LogP contribution in [0, 0.1) is 11.8 Å². The molecular weight excluding hydrogens is 198 g/mol. The molecular formula is C14H29NO. The van der Waals surface area contributed by atoms with Gasteiger partial charge in [0.25, 0.3) is 0 Å². The van der Waals surface area contributed by atoms with Crippen LogP contribution in [0.3, 0.4) is 0 Å². The van der Waals surface area contributed by atoms with E-state index < -0.39 is 0 Å². The number of rotatable bonds is 7. The average molecular weight is 227 g/mol. The normalized spacial score (nSPS) is 27.9. The summed E-state index contributed by atoms with van der Waals surface area (Å²) in [5.41, 5.74) is 0. The predicted molar refractivity (Wildman–Crippen MR) is 69.7 cm³/mol. The molecule has 0 saturated heterocycles. The first kappa shape index (κ1) is 14.0. The molecule has 16 heavy (non-hydrogen) atoms. The quantitative estimate of drug-likeness (QED) is 0.721. The monoisotopic (exact) mass is 227 g/mol. The molecule has 1 N–H and O–H groups in total. The minimum Gasteiger partial charge on any atom is -0.383 e. The van der Waals surface area contributed by atoms with Crippen molar-refractivity contribution in [3.05, 3.63) is 0 Å². The molecule has 1 unspecified atom stereocenters. The molecule has 1 rings (SSSR count). The lowest BCUT2D eigenvalue weighted by atomic mass is 9.77. The first-order valence-corrected chi connectivity index (χ1v) is 6.98. The van der Waals surface area contributed by atoms with Crippen molar-refractivity contribution in [3.63, 3.8) is 0 Å². The Balaban J connectivity index is 2.24. The number of hydrogen-bond donors (Lipinski definition) is 1. The van der Waals surface area contributed by atoms with Crippen molar-refractivity contribution in [2.24, 2.45) is 11.8 Å². The van der Waals surface area contributed by atoms with Crippen molar-refractivity contribution in [1.82, 2.24) is 5.32 Å². The third-order valence-corrected chi connectivity index (χ3v) is 4.14. The van der Waals surface area contributed by atoms with Gasteiger partial charge in [0.2, 0.25) is 0 Å². The number of likely N-dealkylation sites (N-methyl/N-ethyl adjacent to an activating group) is 1. The molecule has 0 heterocycles. The second kappa shape index (κ2) is 8.08. The summed E-state index contributed by atoms with van der Waals surface area (Å²) in [6, 6.07) is 0.567. The zero-order chi connectivity index (χ0) is 11.8. The van der Waals surface area contributed by atoms with Crippen LogP contribution in [0.5, 0.6) is 0 Å². The Morgan fingerprint density at radius 3 is 2.44 bits per heavy atom. The van der Waals surface area contributed by atoms with Gasteiger partial charge in [-0.25, -0.2) is 0 Å². The molecule has 0 aromatic carbocycles. The van der Waals surface area contributed by atoms with Gasteiger partial charge in [-0.1, -0.05) is 39.0 Å². The summed E-state index contributed by atoms with van der Waals surface area (Å²) in [4.78, 5) is 0. The molecule has 2 heteroatoms. The molecule has 0 radical (unpaired) electrons. The van der Waals surface area contributed by atoms with Crippen molar-refractivity contribution in [2.45, 2.75) is 57.9 Å². The van der Waals surface area contributed by atoms with E-state index in [2.05, 4.69) is 19.3 Å². The Hall–Kier alpha value is -0.0800. The number of methoxy groups -OCH3 is 1.